The van der Waals surface area contributed by atoms with Crippen molar-refractivity contribution in [2.45, 2.75) is 31.0 Å². The molecule has 1 aliphatic rings. The molecule has 1 saturated heterocycles. The average Bonchev–Trinajstić information content (AvgIpc) is 2.58. The van der Waals surface area contributed by atoms with Crippen molar-refractivity contribution >= 4 is 0 Å². The molecule has 5 nitrogen and oxygen atoms in total. The van der Waals surface area contributed by atoms with Gasteiger partial charge in [-0.1, -0.05) is 42.5 Å². The normalized spacial score (nSPS) is 27.6. The van der Waals surface area contributed by atoms with E-state index >= 15 is 0 Å². The molecule has 0 amide bonds. The summed E-state index contributed by atoms with van der Waals surface area (Å²) in [5.41, 5.74) is 2.32. The van der Waals surface area contributed by atoms with Crippen molar-refractivity contribution in [3.63, 3.8) is 0 Å². The maximum atomic E-state index is 11.7. The Morgan fingerprint density at radius 3 is 2.35 bits per heavy atom. The van der Waals surface area contributed by atoms with Crippen LogP contribution >= 0.6 is 0 Å². The second-order valence-corrected chi connectivity index (χ2v) is 5.65. The van der Waals surface area contributed by atoms with Gasteiger partial charge in [0.15, 0.2) is 0 Å². The summed E-state index contributed by atoms with van der Waals surface area (Å²) in [5.74, 6) is 0.462. The average molecular weight is 315 g/mol. The molecule has 0 radical (unpaired) electrons. The monoisotopic (exact) mass is 315 g/mol. The smallest absolute Gasteiger partial charge is 0.138 e. The predicted octanol–water partition coefficient (Wildman–Crippen LogP) is 0.463. The second-order valence-electron chi connectivity index (χ2n) is 5.65. The zero-order valence-electron chi connectivity index (χ0n) is 12.5. The first-order valence-corrected chi connectivity index (χ1v) is 7.56. The second kappa shape index (κ2) is 7.10. The molecule has 0 saturated carbocycles. The number of aliphatic hydroxyl groups is 2. The Bertz CT molecular complexity index is 613. The summed E-state index contributed by atoms with van der Waals surface area (Å²) < 4.78 is 10.4. The van der Waals surface area contributed by atoms with E-state index in [0.29, 0.717) is 5.75 Å². The summed E-state index contributed by atoms with van der Waals surface area (Å²) in [4.78, 5) is 0. The van der Waals surface area contributed by atoms with Crippen molar-refractivity contribution in [1.29, 1.82) is 0 Å². The van der Waals surface area contributed by atoms with Gasteiger partial charge in [0, 0.05) is 6.29 Å². The van der Waals surface area contributed by atoms with E-state index in [2.05, 4.69) is 12.1 Å². The first-order valence-electron chi connectivity index (χ1n) is 7.56. The molecule has 0 aliphatic carbocycles. The Labute approximate surface area is 134 Å². The first kappa shape index (κ1) is 16.0. The van der Waals surface area contributed by atoms with E-state index in [4.69, 9.17) is 9.47 Å². The van der Waals surface area contributed by atoms with E-state index in [0.717, 1.165) is 12.0 Å². The molecule has 1 heterocycles. The van der Waals surface area contributed by atoms with Crippen LogP contribution in [0.4, 0.5) is 0 Å². The van der Waals surface area contributed by atoms with Crippen molar-refractivity contribution in [3.8, 4) is 5.75 Å². The third-order valence-corrected chi connectivity index (χ3v) is 3.88. The summed E-state index contributed by atoms with van der Waals surface area (Å²) in [7, 11) is 0. The van der Waals surface area contributed by atoms with Crippen molar-refractivity contribution in [1.82, 2.24) is 0 Å². The number of benzene rings is 2. The largest absolute Gasteiger partial charge is 0.828 e. The molecule has 0 bridgehead atoms. The van der Waals surface area contributed by atoms with Gasteiger partial charge in [-0.2, -0.15) is 0 Å². The van der Waals surface area contributed by atoms with E-state index in [1.54, 1.807) is 12.1 Å². The zero-order chi connectivity index (χ0) is 16.2. The predicted molar refractivity (Wildman–Crippen MR) is 81.9 cm³/mol. The molecule has 4 atom stereocenters. The van der Waals surface area contributed by atoms with E-state index in [9.17, 15) is 15.3 Å². The minimum absolute atomic E-state index is 0.175. The summed E-state index contributed by atoms with van der Waals surface area (Å²) in [5, 5.41) is 31.1. The summed E-state index contributed by atoms with van der Waals surface area (Å²) in [6.45, 7) is -0.175. The van der Waals surface area contributed by atoms with Gasteiger partial charge in [-0.3, -0.25) is 0 Å². The van der Waals surface area contributed by atoms with Gasteiger partial charge in [-0.25, -0.2) is 0 Å². The Morgan fingerprint density at radius 2 is 1.65 bits per heavy atom. The van der Waals surface area contributed by atoms with Crippen LogP contribution in [0.1, 0.15) is 11.1 Å². The molecular weight excluding hydrogens is 296 g/mol. The van der Waals surface area contributed by atoms with Crippen molar-refractivity contribution in [2.24, 2.45) is 0 Å². The fraction of sp³-hybridized carbons (Fsp3) is 0.333. The molecule has 23 heavy (non-hydrogen) atoms. The van der Waals surface area contributed by atoms with Gasteiger partial charge in [-0.15, -0.1) is 0 Å². The zero-order valence-corrected chi connectivity index (χ0v) is 12.5. The molecule has 3 rings (SSSR count). The maximum Gasteiger partial charge on any atom is 0.138 e. The Hall–Kier alpha value is -1.92. The van der Waals surface area contributed by atoms with Crippen LogP contribution in [0.5, 0.6) is 5.75 Å². The van der Waals surface area contributed by atoms with Crippen LogP contribution in [0.3, 0.4) is 0 Å². The first-order chi connectivity index (χ1) is 11.1. The quantitative estimate of drug-likeness (QED) is 0.857. The van der Waals surface area contributed by atoms with E-state index in [1.807, 2.05) is 30.3 Å². The van der Waals surface area contributed by atoms with Gasteiger partial charge in [0.25, 0.3) is 0 Å². The van der Waals surface area contributed by atoms with Crippen LogP contribution in [-0.2, 0) is 11.2 Å². The van der Waals surface area contributed by atoms with Crippen molar-refractivity contribution in [3.05, 3.63) is 65.7 Å². The van der Waals surface area contributed by atoms with Crippen molar-refractivity contribution in [2.75, 3.05) is 6.61 Å². The number of hydrogen-bond acceptors (Lipinski definition) is 5. The Balaban J connectivity index is 1.65. The highest BCUT2D eigenvalue weighted by Gasteiger charge is 2.35. The van der Waals surface area contributed by atoms with E-state index in [1.165, 1.54) is 5.56 Å². The molecule has 0 aromatic heterocycles. The van der Waals surface area contributed by atoms with Gasteiger partial charge < -0.3 is 24.8 Å². The fourth-order valence-electron chi connectivity index (χ4n) is 2.57. The molecule has 2 N–H and O–H groups in total. The summed E-state index contributed by atoms with van der Waals surface area (Å²) >= 11 is 0. The highest BCUT2D eigenvalue weighted by molar-refractivity contribution is 5.31. The number of ether oxygens (including phenoxy) is 2. The van der Waals surface area contributed by atoms with Crippen LogP contribution in [-0.4, -0.2) is 41.4 Å². The molecule has 0 spiro atoms. The lowest BCUT2D eigenvalue weighted by atomic mass is 10.0. The van der Waals surface area contributed by atoms with Crippen LogP contribution in [0.15, 0.2) is 54.6 Å². The molecule has 0 unspecified atom stereocenters. The van der Waals surface area contributed by atoms with E-state index < -0.39 is 24.6 Å². The van der Waals surface area contributed by atoms with E-state index in [-0.39, 0.29) is 6.61 Å². The van der Waals surface area contributed by atoms with Crippen LogP contribution in [0.25, 0.3) is 0 Å². The standard InChI is InChI=1S/C18H19O5/c19-15-11-22-18(21)17(16(15)20)23-14-8-6-13(7-9-14)10-12-4-2-1-3-5-12/h1-9,15-20H,10-11H2/q-1/t15-,16+,17-,18-/m1/s1. The highest BCUT2D eigenvalue weighted by Crippen LogP contribution is 2.21. The fourth-order valence-corrected chi connectivity index (χ4v) is 2.57. The molecule has 122 valence electrons. The molecule has 2 aromatic rings. The third-order valence-electron chi connectivity index (χ3n) is 3.88. The lowest BCUT2D eigenvalue weighted by Gasteiger charge is -2.41. The lowest BCUT2D eigenvalue weighted by molar-refractivity contribution is -0.521. The lowest BCUT2D eigenvalue weighted by Crippen LogP contribution is -2.60. The SMILES string of the molecule is [O-][C@@H]1OC[C@@H](O)[C@H](O)[C@H]1Oc1ccc(Cc2ccccc2)cc1. The van der Waals surface area contributed by atoms with Crippen LogP contribution in [0.2, 0.25) is 0 Å². The van der Waals surface area contributed by atoms with Gasteiger partial charge >= 0.3 is 0 Å². The van der Waals surface area contributed by atoms with Crippen molar-refractivity contribution < 1.29 is 24.8 Å². The Morgan fingerprint density at radius 1 is 1.00 bits per heavy atom. The minimum atomic E-state index is -1.52. The van der Waals surface area contributed by atoms with Gasteiger partial charge in [0.05, 0.1) is 6.61 Å². The van der Waals surface area contributed by atoms with Gasteiger partial charge in [-0.05, 0) is 29.7 Å². The van der Waals surface area contributed by atoms with Crippen LogP contribution in [0, 0.1) is 0 Å². The molecule has 5 heteroatoms. The summed E-state index contributed by atoms with van der Waals surface area (Å²) in [6.07, 6.45) is -4.20. The maximum absolute atomic E-state index is 11.7. The van der Waals surface area contributed by atoms with Gasteiger partial charge in [0.1, 0.15) is 24.1 Å². The Kier molecular flexibility index (Phi) is 4.93. The highest BCUT2D eigenvalue weighted by atomic mass is 16.6. The summed E-state index contributed by atoms with van der Waals surface area (Å²) in [6, 6.07) is 17.4. The molecular formula is C18H19O5-. The number of rotatable bonds is 4. The molecule has 1 aliphatic heterocycles. The van der Waals surface area contributed by atoms with Crippen LogP contribution < -0.4 is 9.84 Å². The molecule has 2 aromatic carbocycles. The minimum Gasteiger partial charge on any atom is -0.828 e. The molecule has 1 fully saturated rings. The van der Waals surface area contributed by atoms with Gasteiger partial charge in [0.2, 0.25) is 0 Å². The third kappa shape index (κ3) is 3.89. The number of hydrogen-bond donors (Lipinski definition) is 2. The number of aliphatic hydroxyl groups excluding tert-OH is 2. The topological polar surface area (TPSA) is 82.0 Å².